The predicted octanol–water partition coefficient (Wildman–Crippen LogP) is 3.74. The van der Waals surface area contributed by atoms with E-state index in [1.54, 1.807) is 12.1 Å². The van der Waals surface area contributed by atoms with Crippen LogP contribution in [0.4, 0.5) is 4.39 Å². The summed E-state index contributed by atoms with van der Waals surface area (Å²) < 4.78 is 19.6. The molecule has 21 heavy (non-hydrogen) atoms. The lowest BCUT2D eigenvalue weighted by atomic mass is 9.89. The molecule has 3 nitrogen and oxygen atoms in total. The largest absolute Gasteiger partial charge is 0.490 e. The summed E-state index contributed by atoms with van der Waals surface area (Å²) in [6.45, 7) is 0.586. The highest BCUT2D eigenvalue weighted by atomic mass is 19.1. The lowest BCUT2D eigenvalue weighted by Gasteiger charge is -2.21. The maximum Gasteiger partial charge on any atom is 0.328 e. The second-order valence-corrected chi connectivity index (χ2v) is 6.11. The Labute approximate surface area is 123 Å². The van der Waals surface area contributed by atoms with E-state index in [1.807, 2.05) is 0 Å². The standard InChI is InChI=1S/C17H19FO3/c18-15-9-11(3-6-17(19)20)2-5-16(15)21-10-14-8-12-1-4-13(14)7-12/h2-3,5-6,9,12-14H,1,4,7-8,10H2,(H,19,20)/b6-3+. The van der Waals surface area contributed by atoms with E-state index < -0.39 is 11.8 Å². The zero-order valence-electron chi connectivity index (χ0n) is 11.8. The lowest BCUT2D eigenvalue weighted by Crippen LogP contribution is -2.18. The van der Waals surface area contributed by atoms with E-state index in [0.717, 1.165) is 17.9 Å². The fraction of sp³-hybridized carbons (Fsp3) is 0.471. The number of rotatable bonds is 5. The number of carboxylic acid groups (broad SMARTS) is 1. The van der Waals surface area contributed by atoms with Crippen molar-refractivity contribution >= 4 is 12.0 Å². The molecule has 2 saturated carbocycles. The van der Waals surface area contributed by atoms with Gasteiger partial charge in [-0.3, -0.25) is 0 Å². The first-order valence-electron chi connectivity index (χ1n) is 7.45. The van der Waals surface area contributed by atoms with Crippen LogP contribution in [0.5, 0.6) is 5.75 Å². The van der Waals surface area contributed by atoms with Gasteiger partial charge in [0.2, 0.25) is 0 Å². The van der Waals surface area contributed by atoms with E-state index in [4.69, 9.17) is 9.84 Å². The molecule has 2 fully saturated rings. The molecule has 0 radical (unpaired) electrons. The summed E-state index contributed by atoms with van der Waals surface area (Å²) in [6, 6.07) is 4.54. The predicted molar refractivity (Wildman–Crippen MR) is 77.5 cm³/mol. The number of aliphatic carboxylic acids is 1. The molecule has 0 amide bonds. The average Bonchev–Trinajstić information content (AvgIpc) is 3.06. The van der Waals surface area contributed by atoms with Crippen molar-refractivity contribution < 1.29 is 19.0 Å². The number of hydrogen-bond donors (Lipinski definition) is 1. The molecule has 2 aliphatic rings. The van der Waals surface area contributed by atoms with Gasteiger partial charge in [0.1, 0.15) is 0 Å². The maximum atomic E-state index is 13.9. The van der Waals surface area contributed by atoms with Crippen molar-refractivity contribution in [2.45, 2.75) is 25.7 Å². The summed E-state index contributed by atoms with van der Waals surface area (Å²) in [6.07, 6.45) is 7.52. The molecule has 2 aliphatic carbocycles. The first-order chi connectivity index (χ1) is 10.1. The van der Waals surface area contributed by atoms with Crippen LogP contribution >= 0.6 is 0 Å². The van der Waals surface area contributed by atoms with Crippen molar-refractivity contribution in [2.75, 3.05) is 6.61 Å². The summed E-state index contributed by atoms with van der Waals surface area (Å²) in [7, 11) is 0. The molecule has 3 rings (SSSR count). The number of benzene rings is 1. The van der Waals surface area contributed by atoms with E-state index in [0.29, 0.717) is 18.1 Å². The molecule has 1 N–H and O–H groups in total. The van der Waals surface area contributed by atoms with E-state index in [2.05, 4.69) is 0 Å². The highest BCUT2D eigenvalue weighted by molar-refractivity contribution is 5.85. The van der Waals surface area contributed by atoms with E-state index >= 15 is 0 Å². The molecule has 0 spiro atoms. The van der Waals surface area contributed by atoms with Gasteiger partial charge in [-0.05, 0) is 60.8 Å². The van der Waals surface area contributed by atoms with E-state index in [9.17, 15) is 9.18 Å². The number of carbonyl (C=O) groups is 1. The van der Waals surface area contributed by atoms with Gasteiger partial charge in [0, 0.05) is 6.08 Å². The van der Waals surface area contributed by atoms with E-state index in [1.165, 1.54) is 37.8 Å². The van der Waals surface area contributed by atoms with Crippen LogP contribution in [0.15, 0.2) is 24.3 Å². The Bertz CT molecular complexity index is 567. The van der Waals surface area contributed by atoms with Gasteiger partial charge in [-0.2, -0.15) is 0 Å². The van der Waals surface area contributed by atoms with E-state index in [-0.39, 0.29) is 5.75 Å². The van der Waals surface area contributed by atoms with Crippen molar-refractivity contribution in [1.29, 1.82) is 0 Å². The van der Waals surface area contributed by atoms with Gasteiger partial charge in [-0.15, -0.1) is 0 Å². The number of fused-ring (bicyclic) bond motifs is 2. The smallest absolute Gasteiger partial charge is 0.328 e. The highest BCUT2D eigenvalue weighted by Crippen LogP contribution is 2.48. The SMILES string of the molecule is O=C(O)/C=C/c1ccc(OCC2CC3CCC2C3)c(F)c1. The van der Waals surface area contributed by atoms with Gasteiger partial charge < -0.3 is 9.84 Å². The number of carboxylic acids is 1. The fourth-order valence-corrected chi connectivity index (χ4v) is 3.68. The zero-order valence-corrected chi connectivity index (χ0v) is 11.8. The third-order valence-corrected chi connectivity index (χ3v) is 4.71. The van der Waals surface area contributed by atoms with Crippen molar-refractivity contribution in [1.82, 2.24) is 0 Å². The van der Waals surface area contributed by atoms with Crippen LogP contribution < -0.4 is 4.74 Å². The summed E-state index contributed by atoms with van der Waals surface area (Å²) in [5.41, 5.74) is 0.516. The molecule has 0 aromatic heterocycles. The minimum Gasteiger partial charge on any atom is -0.490 e. The second-order valence-electron chi connectivity index (χ2n) is 6.11. The van der Waals surface area contributed by atoms with Crippen LogP contribution in [-0.2, 0) is 4.79 Å². The van der Waals surface area contributed by atoms with Crippen LogP contribution in [0.1, 0.15) is 31.2 Å². The van der Waals surface area contributed by atoms with Crippen LogP contribution in [0.2, 0.25) is 0 Å². The molecule has 3 unspecified atom stereocenters. The Morgan fingerprint density at radius 2 is 2.24 bits per heavy atom. The lowest BCUT2D eigenvalue weighted by molar-refractivity contribution is -0.131. The first-order valence-corrected chi connectivity index (χ1v) is 7.45. The van der Waals surface area contributed by atoms with Gasteiger partial charge >= 0.3 is 5.97 Å². The van der Waals surface area contributed by atoms with Crippen molar-refractivity contribution in [3.63, 3.8) is 0 Å². The molecule has 112 valence electrons. The van der Waals surface area contributed by atoms with Gasteiger partial charge in [-0.1, -0.05) is 12.5 Å². The molecular weight excluding hydrogens is 271 g/mol. The monoisotopic (exact) mass is 290 g/mol. The minimum absolute atomic E-state index is 0.255. The van der Waals surface area contributed by atoms with Crippen molar-refractivity contribution in [3.05, 3.63) is 35.7 Å². The van der Waals surface area contributed by atoms with Crippen molar-refractivity contribution in [2.24, 2.45) is 17.8 Å². The molecule has 2 bridgehead atoms. The highest BCUT2D eigenvalue weighted by Gasteiger charge is 2.39. The van der Waals surface area contributed by atoms with Crippen molar-refractivity contribution in [3.8, 4) is 5.75 Å². The number of ether oxygens (including phenoxy) is 1. The fourth-order valence-electron chi connectivity index (χ4n) is 3.68. The summed E-state index contributed by atoms with van der Waals surface area (Å²) >= 11 is 0. The summed E-state index contributed by atoms with van der Waals surface area (Å²) in [5.74, 6) is 0.950. The van der Waals surface area contributed by atoms with Crippen LogP contribution in [0.25, 0.3) is 6.08 Å². The maximum absolute atomic E-state index is 13.9. The third-order valence-electron chi connectivity index (χ3n) is 4.71. The Morgan fingerprint density at radius 3 is 2.86 bits per heavy atom. The molecule has 0 aliphatic heterocycles. The van der Waals surface area contributed by atoms with Gasteiger partial charge in [0.25, 0.3) is 0 Å². The molecule has 0 heterocycles. The molecule has 1 aromatic rings. The minimum atomic E-state index is -1.05. The Hall–Kier alpha value is -1.84. The molecular formula is C17H19FO3. The van der Waals surface area contributed by atoms with Crippen LogP contribution in [0.3, 0.4) is 0 Å². The second kappa shape index (κ2) is 5.88. The Balaban J connectivity index is 1.59. The first kappa shape index (κ1) is 14.1. The Kier molecular flexibility index (Phi) is 3.95. The van der Waals surface area contributed by atoms with Gasteiger partial charge in [0.05, 0.1) is 6.61 Å². The normalized spacial score (nSPS) is 27.4. The molecule has 1 aromatic carbocycles. The zero-order chi connectivity index (χ0) is 14.8. The molecule has 0 saturated heterocycles. The number of hydrogen-bond acceptors (Lipinski definition) is 2. The van der Waals surface area contributed by atoms with Gasteiger partial charge in [0.15, 0.2) is 11.6 Å². The average molecular weight is 290 g/mol. The molecule has 3 atom stereocenters. The summed E-state index contributed by atoms with van der Waals surface area (Å²) in [5, 5.41) is 8.55. The van der Waals surface area contributed by atoms with Gasteiger partial charge in [-0.25, -0.2) is 9.18 Å². The molecule has 4 heteroatoms. The Morgan fingerprint density at radius 1 is 1.38 bits per heavy atom. The third kappa shape index (κ3) is 3.26. The van der Waals surface area contributed by atoms with Crippen LogP contribution in [-0.4, -0.2) is 17.7 Å². The number of halogens is 1. The topological polar surface area (TPSA) is 46.5 Å². The summed E-state index contributed by atoms with van der Waals surface area (Å²) in [4.78, 5) is 10.4. The quantitative estimate of drug-likeness (QED) is 0.840. The van der Waals surface area contributed by atoms with Crippen LogP contribution in [0, 0.1) is 23.6 Å².